The third kappa shape index (κ3) is 4.81. The molecule has 0 saturated heterocycles. The van der Waals surface area contributed by atoms with Crippen molar-refractivity contribution in [2.24, 2.45) is 5.10 Å². The van der Waals surface area contributed by atoms with Gasteiger partial charge in [-0.1, -0.05) is 60.7 Å². The lowest BCUT2D eigenvalue weighted by Crippen LogP contribution is -2.28. The van der Waals surface area contributed by atoms with Crippen molar-refractivity contribution in [1.82, 2.24) is 10.4 Å². The number of fused-ring (bicyclic) bond motifs is 1. The van der Waals surface area contributed by atoms with E-state index in [9.17, 15) is 9.59 Å². The zero-order chi connectivity index (χ0) is 24.9. The molecule has 7 heteroatoms. The topological polar surface area (TPSA) is 96.6 Å². The molecular weight excluding hydrogens is 452 g/mol. The molecule has 0 bridgehead atoms. The van der Waals surface area contributed by atoms with Crippen LogP contribution in [0.25, 0.3) is 0 Å². The Morgan fingerprint density at radius 2 is 1.64 bits per heavy atom. The quantitative estimate of drug-likeness (QED) is 0.371. The first-order valence-electron chi connectivity index (χ1n) is 11.9. The number of amides is 2. The molecule has 2 amide bonds. The maximum Gasteiger partial charge on any atom is 0.291 e. The molecule has 36 heavy (non-hydrogen) atoms. The van der Waals surface area contributed by atoms with E-state index >= 15 is 0 Å². The summed E-state index contributed by atoms with van der Waals surface area (Å²) in [6.45, 7) is 1.85. The maximum atomic E-state index is 13.4. The van der Waals surface area contributed by atoms with Gasteiger partial charge in [-0.25, -0.2) is 5.43 Å². The van der Waals surface area contributed by atoms with Crippen LogP contribution in [0.2, 0.25) is 0 Å². The van der Waals surface area contributed by atoms with Crippen LogP contribution in [0.3, 0.4) is 0 Å². The third-order valence-electron chi connectivity index (χ3n) is 6.28. The lowest BCUT2D eigenvalue weighted by atomic mass is 9.90. The molecule has 0 unspecified atom stereocenters. The number of hydrogen-bond acceptors (Lipinski definition) is 5. The van der Waals surface area contributed by atoms with Crippen LogP contribution in [-0.2, 0) is 11.2 Å². The Morgan fingerprint density at radius 3 is 2.28 bits per heavy atom. The summed E-state index contributed by atoms with van der Waals surface area (Å²) >= 11 is 0. The summed E-state index contributed by atoms with van der Waals surface area (Å²) in [4.78, 5) is 30.3. The zero-order valence-corrected chi connectivity index (χ0v) is 19.9. The van der Waals surface area contributed by atoms with Crippen LogP contribution in [0.15, 0.2) is 94.7 Å². The van der Waals surface area contributed by atoms with Crippen molar-refractivity contribution >= 4 is 23.2 Å². The minimum atomic E-state index is -0.494. The molecule has 0 radical (unpaired) electrons. The van der Waals surface area contributed by atoms with Crippen LogP contribution < -0.4 is 10.7 Å². The number of aromatic nitrogens is 1. The summed E-state index contributed by atoms with van der Waals surface area (Å²) in [6.07, 6.45) is 5.43. The van der Waals surface area contributed by atoms with E-state index in [0.29, 0.717) is 35.6 Å². The second-order valence-corrected chi connectivity index (χ2v) is 8.69. The first-order valence-corrected chi connectivity index (χ1v) is 11.9. The number of hydrazone groups is 1. The summed E-state index contributed by atoms with van der Waals surface area (Å²) in [6, 6.07) is 22.8. The van der Waals surface area contributed by atoms with Gasteiger partial charge in [-0.3, -0.25) is 14.6 Å². The predicted molar refractivity (Wildman–Crippen MR) is 138 cm³/mol. The Hall–Kier alpha value is -4.52. The van der Waals surface area contributed by atoms with E-state index in [1.807, 2.05) is 67.6 Å². The summed E-state index contributed by atoms with van der Waals surface area (Å²) in [5.74, 6) is -0.0951. The fourth-order valence-corrected chi connectivity index (χ4v) is 4.59. The number of aryl methyl sites for hydroxylation is 1. The van der Waals surface area contributed by atoms with Crippen LogP contribution in [0.4, 0.5) is 5.69 Å². The van der Waals surface area contributed by atoms with Gasteiger partial charge in [0.25, 0.3) is 11.8 Å². The number of carbonyl (C=O) groups excluding carboxylic acids is 2. The highest BCUT2D eigenvalue weighted by atomic mass is 16.4. The van der Waals surface area contributed by atoms with E-state index in [1.165, 1.54) is 0 Å². The molecule has 4 aromatic rings. The Bertz CT molecular complexity index is 1360. The van der Waals surface area contributed by atoms with E-state index in [-0.39, 0.29) is 17.6 Å². The minimum Gasteiger partial charge on any atom is -0.455 e. The van der Waals surface area contributed by atoms with Crippen molar-refractivity contribution in [2.45, 2.75) is 32.1 Å². The van der Waals surface area contributed by atoms with Gasteiger partial charge in [0.15, 0.2) is 5.76 Å². The number of pyridine rings is 1. The minimum absolute atomic E-state index is 0.220. The van der Waals surface area contributed by atoms with Gasteiger partial charge in [0.2, 0.25) is 0 Å². The molecule has 5 rings (SSSR count). The smallest absolute Gasteiger partial charge is 0.291 e. The van der Waals surface area contributed by atoms with Gasteiger partial charge in [0.1, 0.15) is 5.76 Å². The molecule has 0 spiro atoms. The zero-order valence-electron chi connectivity index (χ0n) is 19.9. The molecular formula is C29H26N4O3. The first kappa shape index (κ1) is 23.2. The highest BCUT2D eigenvalue weighted by molar-refractivity contribution is 6.09. The van der Waals surface area contributed by atoms with Gasteiger partial charge >= 0.3 is 0 Å². The largest absolute Gasteiger partial charge is 0.455 e. The molecule has 7 nitrogen and oxygen atoms in total. The summed E-state index contributed by atoms with van der Waals surface area (Å²) in [5, 5.41) is 7.35. The molecule has 0 saturated carbocycles. The van der Waals surface area contributed by atoms with Crippen molar-refractivity contribution in [2.75, 3.05) is 5.32 Å². The Kier molecular flexibility index (Phi) is 6.71. The van der Waals surface area contributed by atoms with Crippen LogP contribution >= 0.6 is 0 Å². The van der Waals surface area contributed by atoms with Gasteiger partial charge in [0, 0.05) is 23.7 Å². The standard InChI is InChI=1S/C29H26N4O3/c1-19-25-23(15-8-16-24(25)36-27(19)29(35)31-22-14-9-17-30-18-22)32-33-28(34)26(20-10-4-2-5-11-20)21-12-6-3-7-13-21/h2-7,9-14,17-18,26H,8,15-16H2,1H3,(H,31,35)(H,33,34)/b32-23+. The summed E-state index contributed by atoms with van der Waals surface area (Å²) in [7, 11) is 0. The number of nitrogens with zero attached hydrogens (tertiary/aromatic N) is 2. The van der Waals surface area contributed by atoms with Crippen LogP contribution in [0.1, 0.15) is 57.3 Å². The van der Waals surface area contributed by atoms with Crippen molar-refractivity contribution in [3.63, 3.8) is 0 Å². The molecule has 180 valence electrons. The van der Waals surface area contributed by atoms with Crippen molar-refractivity contribution in [1.29, 1.82) is 0 Å². The van der Waals surface area contributed by atoms with Crippen LogP contribution in [0.5, 0.6) is 0 Å². The van der Waals surface area contributed by atoms with Crippen molar-refractivity contribution < 1.29 is 14.0 Å². The normalized spacial score (nSPS) is 13.9. The lowest BCUT2D eigenvalue weighted by Gasteiger charge is -2.18. The Balaban J connectivity index is 1.41. The number of hydrogen-bond donors (Lipinski definition) is 2. The monoisotopic (exact) mass is 478 g/mol. The average Bonchev–Trinajstić information content (AvgIpc) is 3.26. The molecule has 2 aromatic carbocycles. The van der Waals surface area contributed by atoms with Crippen LogP contribution in [-0.4, -0.2) is 22.5 Å². The van der Waals surface area contributed by atoms with Gasteiger partial charge in [-0.15, -0.1) is 0 Å². The molecule has 0 fully saturated rings. The van der Waals surface area contributed by atoms with E-state index in [4.69, 9.17) is 4.42 Å². The number of nitrogens with one attached hydrogen (secondary N) is 2. The summed E-state index contributed by atoms with van der Waals surface area (Å²) < 4.78 is 5.97. The first-order chi connectivity index (χ1) is 17.6. The molecule has 2 N–H and O–H groups in total. The van der Waals surface area contributed by atoms with Gasteiger partial charge in [-0.2, -0.15) is 5.10 Å². The van der Waals surface area contributed by atoms with E-state index < -0.39 is 5.92 Å². The average molecular weight is 479 g/mol. The number of anilines is 1. The summed E-state index contributed by atoms with van der Waals surface area (Å²) in [5.41, 5.74) is 7.38. The van der Waals surface area contributed by atoms with Gasteiger partial charge in [-0.05, 0) is 43.0 Å². The number of benzene rings is 2. The van der Waals surface area contributed by atoms with E-state index in [0.717, 1.165) is 23.1 Å². The molecule has 2 aromatic heterocycles. The fraction of sp³-hybridized carbons (Fsp3) is 0.172. The van der Waals surface area contributed by atoms with Gasteiger partial charge < -0.3 is 9.73 Å². The number of carbonyl (C=O) groups is 2. The number of furan rings is 1. The molecule has 1 aliphatic rings. The molecule has 1 aliphatic carbocycles. The maximum absolute atomic E-state index is 13.4. The number of rotatable bonds is 6. The van der Waals surface area contributed by atoms with Gasteiger partial charge in [0.05, 0.1) is 23.5 Å². The third-order valence-corrected chi connectivity index (χ3v) is 6.28. The Labute approximate surface area is 209 Å². The molecule has 0 atom stereocenters. The van der Waals surface area contributed by atoms with Crippen molar-refractivity contribution in [3.05, 3.63) is 119 Å². The Morgan fingerprint density at radius 1 is 0.944 bits per heavy atom. The second-order valence-electron chi connectivity index (χ2n) is 8.69. The highest BCUT2D eigenvalue weighted by Crippen LogP contribution is 2.31. The highest BCUT2D eigenvalue weighted by Gasteiger charge is 2.29. The van der Waals surface area contributed by atoms with Crippen molar-refractivity contribution in [3.8, 4) is 0 Å². The van der Waals surface area contributed by atoms with E-state index in [2.05, 4.69) is 20.8 Å². The molecule has 2 heterocycles. The molecule has 0 aliphatic heterocycles. The van der Waals surface area contributed by atoms with Crippen LogP contribution in [0, 0.1) is 6.92 Å². The predicted octanol–water partition coefficient (Wildman–Crippen LogP) is 5.22. The van der Waals surface area contributed by atoms with E-state index in [1.54, 1.807) is 24.5 Å². The SMILES string of the molecule is Cc1c(C(=O)Nc2cccnc2)oc2c1/C(=N/NC(=O)C(c1ccccc1)c1ccccc1)CCC2. The fourth-order valence-electron chi connectivity index (χ4n) is 4.59. The lowest BCUT2D eigenvalue weighted by molar-refractivity contribution is -0.121. The second kappa shape index (κ2) is 10.4.